The van der Waals surface area contributed by atoms with E-state index in [4.69, 9.17) is 0 Å². The molecule has 0 aromatic carbocycles. The molecule has 2 nitrogen and oxygen atoms in total. The summed E-state index contributed by atoms with van der Waals surface area (Å²) in [7, 11) is 0. The fourth-order valence-corrected chi connectivity index (χ4v) is 0.838. The summed E-state index contributed by atoms with van der Waals surface area (Å²) in [5, 5.41) is 2.26. The van der Waals surface area contributed by atoms with Gasteiger partial charge in [-0.2, -0.15) is 13.2 Å². The van der Waals surface area contributed by atoms with Gasteiger partial charge in [-0.25, -0.2) is 9.37 Å². The zero-order valence-corrected chi connectivity index (χ0v) is 7.11. The molecule has 1 aromatic heterocycles. The normalized spacial score (nSPS) is 11.4. The smallest absolute Gasteiger partial charge is 0.367 e. The molecule has 0 unspecified atom stereocenters. The van der Waals surface area contributed by atoms with Crippen molar-refractivity contribution in [3.05, 3.63) is 24.1 Å². The molecule has 0 saturated heterocycles. The minimum atomic E-state index is -4.24. The number of anilines is 1. The maximum Gasteiger partial charge on any atom is 0.390 e. The highest BCUT2D eigenvalue weighted by Gasteiger charge is 2.26. The highest BCUT2D eigenvalue weighted by molar-refractivity contribution is 5.35. The van der Waals surface area contributed by atoms with Gasteiger partial charge in [-0.15, -0.1) is 0 Å². The first-order valence-electron chi connectivity index (χ1n) is 3.90. The van der Waals surface area contributed by atoms with Crippen LogP contribution in [-0.2, 0) is 0 Å². The number of alkyl halides is 3. The van der Waals surface area contributed by atoms with E-state index in [1.807, 2.05) is 0 Å². The van der Waals surface area contributed by atoms with Crippen LogP contribution in [0.15, 0.2) is 18.3 Å². The third-order valence-corrected chi connectivity index (χ3v) is 1.46. The maximum absolute atomic E-state index is 12.8. The second kappa shape index (κ2) is 4.26. The Kier molecular flexibility index (Phi) is 3.27. The van der Waals surface area contributed by atoms with E-state index in [0.717, 1.165) is 6.07 Å². The maximum atomic E-state index is 12.8. The Balaban J connectivity index is 2.43. The molecule has 0 aliphatic carbocycles. The van der Waals surface area contributed by atoms with E-state index >= 15 is 0 Å². The van der Waals surface area contributed by atoms with Crippen LogP contribution in [0.2, 0.25) is 0 Å². The van der Waals surface area contributed by atoms with Crippen molar-refractivity contribution in [3.63, 3.8) is 0 Å². The van der Waals surface area contributed by atoms with Gasteiger partial charge in [0.2, 0.25) is 0 Å². The van der Waals surface area contributed by atoms with Gasteiger partial charge < -0.3 is 5.32 Å². The van der Waals surface area contributed by atoms with E-state index in [0.29, 0.717) is 0 Å². The summed E-state index contributed by atoms with van der Waals surface area (Å²) in [6.45, 7) is -0.378. The first-order chi connectivity index (χ1) is 6.49. The van der Waals surface area contributed by atoms with Gasteiger partial charge in [0.05, 0.1) is 6.42 Å². The fraction of sp³-hybridized carbons (Fsp3) is 0.375. The van der Waals surface area contributed by atoms with Crippen LogP contribution in [0.25, 0.3) is 0 Å². The molecule has 0 bridgehead atoms. The van der Waals surface area contributed by atoms with Gasteiger partial charge in [0, 0.05) is 12.7 Å². The van der Waals surface area contributed by atoms with Gasteiger partial charge in [-0.05, 0) is 12.1 Å². The zero-order valence-electron chi connectivity index (χ0n) is 7.11. The molecule has 1 N–H and O–H groups in total. The molecule has 1 heterocycles. The topological polar surface area (TPSA) is 24.9 Å². The van der Waals surface area contributed by atoms with Crippen LogP contribution in [0.1, 0.15) is 6.42 Å². The summed E-state index contributed by atoms with van der Waals surface area (Å²) in [4.78, 5) is 3.54. The van der Waals surface area contributed by atoms with Crippen LogP contribution in [0.4, 0.5) is 23.4 Å². The molecule has 0 atom stereocenters. The standard InChI is InChI=1S/C8H8F4N2/c9-6-2-1-4-13-7(6)14-5-3-8(10,11)12/h1-2,4H,3,5H2,(H,13,14). The van der Waals surface area contributed by atoms with Crippen LogP contribution in [0, 0.1) is 5.82 Å². The van der Waals surface area contributed by atoms with Crippen LogP contribution in [-0.4, -0.2) is 17.7 Å². The van der Waals surface area contributed by atoms with Gasteiger partial charge in [0.15, 0.2) is 11.6 Å². The Bertz CT molecular complexity index is 298. The van der Waals surface area contributed by atoms with Crippen LogP contribution in [0.3, 0.4) is 0 Å². The second-order valence-corrected chi connectivity index (χ2v) is 2.63. The minimum absolute atomic E-state index is 0.156. The summed E-state index contributed by atoms with van der Waals surface area (Å²) < 4.78 is 47.9. The summed E-state index contributed by atoms with van der Waals surface area (Å²) in [6.07, 6.45) is -3.94. The number of halogens is 4. The van der Waals surface area contributed by atoms with Gasteiger partial charge >= 0.3 is 6.18 Å². The van der Waals surface area contributed by atoms with Crippen molar-refractivity contribution in [2.45, 2.75) is 12.6 Å². The monoisotopic (exact) mass is 208 g/mol. The predicted octanol–water partition coefficient (Wildman–Crippen LogP) is 2.59. The Morgan fingerprint density at radius 1 is 1.36 bits per heavy atom. The van der Waals surface area contributed by atoms with Crippen molar-refractivity contribution in [3.8, 4) is 0 Å². The SMILES string of the molecule is Fc1cccnc1NCCC(F)(F)F. The Morgan fingerprint density at radius 2 is 2.07 bits per heavy atom. The van der Waals surface area contributed by atoms with Crippen molar-refractivity contribution < 1.29 is 17.6 Å². The number of aromatic nitrogens is 1. The zero-order chi connectivity index (χ0) is 10.6. The summed E-state index contributed by atoms with van der Waals surface area (Å²) in [5.74, 6) is -0.813. The molecular formula is C8H8F4N2. The molecular weight excluding hydrogens is 200 g/mol. The minimum Gasteiger partial charge on any atom is -0.367 e. The molecule has 1 aromatic rings. The second-order valence-electron chi connectivity index (χ2n) is 2.63. The number of nitrogens with zero attached hydrogens (tertiary/aromatic N) is 1. The number of nitrogens with one attached hydrogen (secondary N) is 1. The molecule has 0 aliphatic rings. The van der Waals surface area contributed by atoms with E-state index < -0.39 is 18.4 Å². The largest absolute Gasteiger partial charge is 0.390 e. The average molecular weight is 208 g/mol. The molecule has 6 heteroatoms. The first-order valence-corrected chi connectivity index (χ1v) is 3.90. The van der Waals surface area contributed by atoms with E-state index in [1.54, 1.807) is 0 Å². The number of pyridine rings is 1. The van der Waals surface area contributed by atoms with Crippen molar-refractivity contribution in [1.82, 2.24) is 4.98 Å². The average Bonchev–Trinajstić information content (AvgIpc) is 2.06. The van der Waals surface area contributed by atoms with E-state index in [-0.39, 0.29) is 12.4 Å². The summed E-state index contributed by atoms with van der Waals surface area (Å²) in [6, 6.07) is 2.49. The van der Waals surface area contributed by atoms with Gasteiger partial charge in [-0.3, -0.25) is 0 Å². The summed E-state index contributed by atoms with van der Waals surface area (Å²) in [5.41, 5.74) is 0. The summed E-state index contributed by atoms with van der Waals surface area (Å²) >= 11 is 0. The van der Waals surface area contributed by atoms with Crippen molar-refractivity contribution in [1.29, 1.82) is 0 Å². The van der Waals surface area contributed by atoms with Gasteiger partial charge in [0.25, 0.3) is 0 Å². The highest BCUT2D eigenvalue weighted by Crippen LogP contribution is 2.19. The highest BCUT2D eigenvalue weighted by atomic mass is 19.4. The van der Waals surface area contributed by atoms with Gasteiger partial charge in [-0.1, -0.05) is 0 Å². The van der Waals surface area contributed by atoms with Crippen LogP contribution < -0.4 is 5.32 Å². The van der Waals surface area contributed by atoms with Crippen molar-refractivity contribution >= 4 is 5.82 Å². The van der Waals surface area contributed by atoms with Crippen molar-refractivity contribution in [2.75, 3.05) is 11.9 Å². The molecule has 1 rings (SSSR count). The van der Waals surface area contributed by atoms with E-state index in [1.165, 1.54) is 12.3 Å². The molecule has 14 heavy (non-hydrogen) atoms. The predicted molar refractivity (Wildman–Crippen MR) is 43.4 cm³/mol. The first kappa shape index (κ1) is 10.7. The molecule has 0 saturated carbocycles. The lowest BCUT2D eigenvalue weighted by Gasteiger charge is -2.08. The lowest BCUT2D eigenvalue weighted by Crippen LogP contribution is -2.15. The third kappa shape index (κ3) is 3.59. The van der Waals surface area contributed by atoms with Crippen LogP contribution >= 0.6 is 0 Å². The lowest BCUT2D eigenvalue weighted by molar-refractivity contribution is -0.131. The molecule has 0 spiro atoms. The third-order valence-electron chi connectivity index (χ3n) is 1.46. The van der Waals surface area contributed by atoms with E-state index in [9.17, 15) is 17.6 Å². The number of hydrogen-bond donors (Lipinski definition) is 1. The molecule has 0 amide bonds. The Labute approximate surface area is 78.0 Å². The molecule has 0 radical (unpaired) electrons. The molecule has 0 fully saturated rings. The Hall–Kier alpha value is -1.33. The van der Waals surface area contributed by atoms with E-state index in [2.05, 4.69) is 10.3 Å². The fourth-order valence-electron chi connectivity index (χ4n) is 0.838. The quantitative estimate of drug-likeness (QED) is 0.772. The Morgan fingerprint density at radius 3 is 2.64 bits per heavy atom. The number of rotatable bonds is 3. The lowest BCUT2D eigenvalue weighted by atomic mass is 10.4. The van der Waals surface area contributed by atoms with Gasteiger partial charge in [0.1, 0.15) is 0 Å². The number of hydrogen-bond acceptors (Lipinski definition) is 2. The molecule has 78 valence electrons. The van der Waals surface area contributed by atoms with Crippen LogP contribution in [0.5, 0.6) is 0 Å². The van der Waals surface area contributed by atoms with Crippen molar-refractivity contribution in [2.24, 2.45) is 0 Å². The molecule has 0 aliphatic heterocycles.